The zero-order chi connectivity index (χ0) is 21.4. The molecule has 1 aliphatic carbocycles. The van der Waals surface area contributed by atoms with Gasteiger partial charge in [0.1, 0.15) is 11.4 Å². The van der Waals surface area contributed by atoms with Gasteiger partial charge >= 0.3 is 0 Å². The van der Waals surface area contributed by atoms with Crippen LogP contribution in [0.25, 0.3) is 22.4 Å². The van der Waals surface area contributed by atoms with Crippen LogP contribution in [0.4, 0.5) is 0 Å². The molecule has 2 aromatic heterocycles. The van der Waals surface area contributed by atoms with Crippen molar-refractivity contribution in [3.8, 4) is 11.4 Å². The predicted molar refractivity (Wildman–Crippen MR) is 117 cm³/mol. The van der Waals surface area contributed by atoms with Gasteiger partial charge in [-0.1, -0.05) is 24.3 Å². The van der Waals surface area contributed by atoms with E-state index < -0.39 is 11.4 Å². The number of imidazole rings is 1. The lowest BCUT2D eigenvalue weighted by Crippen LogP contribution is -2.60. The summed E-state index contributed by atoms with van der Waals surface area (Å²) >= 11 is 0. The lowest BCUT2D eigenvalue weighted by atomic mass is 9.77. The summed E-state index contributed by atoms with van der Waals surface area (Å²) in [6.07, 6.45) is 4.96. The highest BCUT2D eigenvalue weighted by Gasteiger charge is 2.41. The van der Waals surface area contributed by atoms with Crippen molar-refractivity contribution >= 4 is 22.8 Å². The molecule has 5 rings (SSSR count). The van der Waals surface area contributed by atoms with E-state index in [1.54, 1.807) is 30.6 Å². The minimum Gasteiger partial charge on any atom is -0.368 e. The first-order valence-electron chi connectivity index (χ1n) is 10.1. The maximum Gasteiger partial charge on any atom is 0.252 e. The maximum atomic E-state index is 13.1. The number of carbonyl (C=O) groups excluding carboxylic acids is 2. The number of nitrogens with one attached hydrogen (secondary N) is 2. The molecule has 0 saturated heterocycles. The molecule has 7 heteroatoms. The van der Waals surface area contributed by atoms with Gasteiger partial charge in [0.2, 0.25) is 5.91 Å². The Balaban J connectivity index is 1.43. The number of hydrogen-bond acceptors (Lipinski definition) is 4. The first-order valence-corrected chi connectivity index (χ1v) is 10.1. The van der Waals surface area contributed by atoms with Gasteiger partial charge in [-0.15, -0.1) is 0 Å². The van der Waals surface area contributed by atoms with Crippen LogP contribution in [0, 0.1) is 0 Å². The van der Waals surface area contributed by atoms with Crippen molar-refractivity contribution in [1.29, 1.82) is 0 Å². The van der Waals surface area contributed by atoms with E-state index in [0.29, 0.717) is 30.7 Å². The van der Waals surface area contributed by atoms with E-state index in [1.807, 2.05) is 30.3 Å². The summed E-state index contributed by atoms with van der Waals surface area (Å²) in [7, 11) is 0. The van der Waals surface area contributed by atoms with Crippen LogP contribution >= 0.6 is 0 Å². The number of primary amides is 1. The van der Waals surface area contributed by atoms with Gasteiger partial charge in [0.25, 0.3) is 5.91 Å². The second-order valence-corrected chi connectivity index (χ2v) is 7.90. The normalized spacial score (nSPS) is 17.8. The Morgan fingerprint density at radius 2 is 1.81 bits per heavy atom. The van der Waals surface area contributed by atoms with E-state index in [9.17, 15) is 9.59 Å². The highest BCUT2D eigenvalue weighted by molar-refractivity contribution is 6.01. The third-order valence-corrected chi connectivity index (χ3v) is 5.95. The van der Waals surface area contributed by atoms with Crippen molar-refractivity contribution in [2.45, 2.75) is 24.8 Å². The van der Waals surface area contributed by atoms with Crippen LogP contribution in [0.3, 0.4) is 0 Å². The molecule has 4 aromatic rings. The van der Waals surface area contributed by atoms with E-state index in [-0.39, 0.29) is 5.91 Å². The molecule has 0 saturated carbocycles. The number of aromatic nitrogens is 3. The molecule has 1 atom stereocenters. The highest BCUT2D eigenvalue weighted by atomic mass is 16.2. The molecule has 2 heterocycles. The van der Waals surface area contributed by atoms with E-state index in [0.717, 1.165) is 22.2 Å². The molecular weight excluding hydrogens is 390 g/mol. The summed E-state index contributed by atoms with van der Waals surface area (Å²) in [5.74, 6) is -0.148. The van der Waals surface area contributed by atoms with Crippen molar-refractivity contribution in [3.05, 3.63) is 83.7 Å². The quantitative estimate of drug-likeness (QED) is 0.479. The fourth-order valence-electron chi connectivity index (χ4n) is 4.20. The molecule has 0 radical (unpaired) electrons. The first-order chi connectivity index (χ1) is 15.0. The smallest absolute Gasteiger partial charge is 0.252 e. The van der Waals surface area contributed by atoms with Crippen LogP contribution in [0.2, 0.25) is 0 Å². The SMILES string of the molecule is NC(=O)C1(NC(=O)c2ccc3nc(-c4ccncc4)[nH]c3c2)CCc2ccccc2C1. The second-order valence-electron chi connectivity index (χ2n) is 7.90. The van der Waals surface area contributed by atoms with Crippen molar-refractivity contribution in [3.63, 3.8) is 0 Å². The molecule has 0 aliphatic heterocycles. The van der Waals surface area contributed by atoms with Crippen molar-refractivity contribution in [2.24, 2.45) is 5.73 Å². The number of hydrogen-bond donors (Lipinski definition) is 3. The van der Waals surface area contributed by atoms with E-state index in [1.165, 1.54) is 5.56 Å². The van der Waals surface area contributed by atoms with Crippen molar-refractivity contribution in [2.75, 3.05) is 0 Å². The fraction of sp³-hybridized carbons (Fsp3) is 0.167. The Morgan fingerprint density at radius 1 is 1.03 bits per heavy atom. The minimum atomic E-state index is -1.10. The molecule has 0 bridgehead atoms. The molecule has 1 aliphatic rings. The largest absolute Gasteiger partial charge is 0.368 e. The van der Waals surface area contributed by atoms with Crippen molar-refractivity contribution in [1.82, 2.24) is 20.3 Å². The zero-order valence-electron chi connectivity index (χ0n) is 16.8. The average molecular weight is 411 g/mol. The molecule has 31 heavy (non-hydrogen) atoms. The standard InChI is InChI=1S/C24H21N5O2/c25-23(31)24(10-7-15-3-1-2-4-18(15)14-24)29-22(30)17-5-6-19-20(13-17)28-21(27-19)16-8-11-26-12-9-16/h1-6,8-9,11-13H,7,10,14H2,(H2,25,31)(H,27,28)(H,29,30). The van der Waals surface area contributed by atoms with Gasteiger partial charge in [0, 0.05) is 29.9 Å². The van der Waals surface area contributed by atoms with Gasteiger partial charge in [-0.25, -0.2) is 4.98 Å². The monoisotopic (exact) mass is 411 g/mol. The summed E-state index contributed by atoms with van der Waals surface area (Å²) in [4.78, 5) is 37.3. The maximum absolute atomic E-state index is 13.1. The molecule has 2 aromatic carbocycles. The summed E-state index contributed by atoms with van der Waals surface area (Å²) in [6.45, 7) is 0. The van der Waals surface area contributed by atoms with E-state index in [2.05, 4.69) is 26.3 Å². The summed E-state index contributed by atoms with van der Waals surface area (Å²) < 4.78 is 0. The van der Waals surface area contributed by atoms with Gasteiger partial charge in [0.05, 0.1) is 11.0 Å². The average Bonchev–Trinajstić information content (AvgIpc) is 3.23. The number of H-pyrrole nitrogens is 1. The highest BCUT2D eigenvalue weighted by Crippen LogP contribution is 2.29. The molecule has 7 nitrogen and oxygen atoms in total. The second kappa shape index (κ2) is 7.36. The Kier molecular flexibility index (Phi) is 4.51. The number of fused-ring (bicyclic) bond motifs is 2. The summed E-state index contributed by atoms with van der Waals surface area (Å²) in [5.41, 5.74) is 9.74. The number of benzene rings is 2. The minimum absolute atomic E-state index is 0.333. The van der Waals surface area contributed by atoms with Gasteiger partial charge in [-0.05, 0) is 54.3 Å². The number of rotatable bonds is 4. The molecule has 4 N–H and O–H groups in total. The fourth-order valence-corrected chi connectivity index (χ4v) is 4.20. The zero-order valence-corrected chi connectivity index (χ0v) is 16.8. The van der Waals surface area contributed by atoms with Crippen LogP contribution in [-0.2, 0) is 17.6 Å². The number of amides is 2. The summed E-state index contributed by atoms with van der Waals surface area (Å²) in [6, 6.07) is 16.9. The number of pyridine rings is 1. The van der Waals surface area contributed by atoms with Crippen molar-refractivity contribution < 1.29 is 9.59 Å². The number of nitrogens with zero attached hydrogens (tertiary/aromatic N) is 2. The van der Waals surface area contributed by atoms with Crippen LogP contribution in [0.5, 0.6) is 0 Å². The number of nitrogens with two attached hydrogens (primary N) is 1. The number of aromatic amines is 1. The van der Waals surface area contributed by atoms with Gasteiger partial charge in [-0.3, -0.25) is 14.6 Å². The molecule has 154 valence electrons. The van der Waals surface area contributed by atoms with Crippen LogP contribution in [0.1, 0.15) is 27.9 Å². The topological polar surface area (TPSA) is 114 Å². The Hall–Kier alpha value is -4.00. The number of carbonyl (C=O) groups is 2. The Labute approximate surface area is 178 Å². The van der Waals surface area contributed by atoms with Crippen LogP contribution in [0.15, 0.2) is 67.0 Å². The van der Waals surface area contributed by atoms with E-state index >= 15 is 0 Å². The third-order valence-electron chi connectivity index (χ3n) is 5.95. The molecule has 0 spiro atoms. The molecule has 2 amide bonds. The van der Waals surface area contributed by atoms with Gasteiger partial charge in [0.15, 0.2) is 0 Å². The van der Waals surface area contributed by atoms with Crippen LogP contribution < -0.4 is 11.1 Å². The Morgan fingerprint density at radius 3 is 2.58 bits per heavy atom. The predicted octanol–water partition coefficient (Wildman–Crippen LogP) is 2.77. The molecule has 1 unspecified atom stereocenters. The van der Waals surface area contributed by atoms with E-state index in [4.69, 9.17) is 5.73 Å². The molecule has 0 fully saturated rings. The molecular formula is C24H21N5O2. The Bertz CT molecular complexity index is 1300. The van der Waals surface area contributed by atoms with Gasteiger partial charge < -0.3 is 16.0 Å². The van der Waals surface area contributed by atoms with Crippen LogP contribution in [-0.4, -0.2) is 32.3 Å². The third kappa shape index (κ3) is 3.44. The lowest BCUT2D eigenvalue weighted by Gasteiger charge is -2.36. The summed E-state index contributed by atoms with van der Waals surface area (Å²) in [5, 5.41) is 2.94. The number of aryl methyl sites for hydroxylation is 1. The van der Waals surface area contributed by atoms with Gasteiger partial charge in [-0.2, -0.15) is 0 Å². The first kappa shape index (κ1) is 19.0. The lowest BCUT2D eigenvalue weighted by molar-refractivity contribution is -0.124.